The van der Waals surface area contributed by atoms with Crippen LogP contribution in [0.2, 0.25) is 0 Å². The molecule has 0 bridgehead atoms. The van der Waals surface area contributed by atoms with E-state index in [-0.39, 0.29) is 0 Å². The number of aryl methyl sites for hydroxylation is 1. The number of hydrogen-bond donors (Lipinski definition) is 0. The van der Waals surface area contributed by atoms with Crippen molar-refractivity contribution in [2.45, 2.75) is 19.9 Å². The quantitative estimate of drug-likeness (QED) is 0.362. The summed E-state index contributed by atoms with van der Waals surface area (Å²) in [6, 6.07) is 21.3. The van der Waals surface area contributed by atoms with E-state index < -0.39 is 5.97 Å². The lowest BCUT2D eigenvalue weighted by molar-refractivity contribution is 0.0514. The van der Waals surface area contributed by atoms with E-state index >= 15 is 0 Å². The molecule has 29 heavy (non-hydrogen) atoms. The van der Waals surface area contributed by atoms with Crippen LogP contribution >= 0.6 is 0 Å². The van der Waals surface area contributed by atoms with Crippen molar-refractivity contribution in [2.24, 2.45) is 5.16 Å². The van der Waals surface area contributed by atoms with Gasteiger partial charge < -0.3 is 14.1 Å². The van der Waals surface area contributed by atoms with Crippen molar-refractivity contribution in [2.75, 3.05) is 6.61 Å². The smallest absolute Gasteiger partial charge is 0.365 e. The number of benzene rings is 3. The summed E-state index contributed by atoms with van der Waals surface area (Å²) >= 11 is 0. The van der Waals surface area contributed by atoms with Gasteiger partial charge in [-0.2, -0.15) is 0 Å². The number of fused-ring (bicyclic) bond motifs is 5. The molecule has 0 saturated heterocycles. The molecule has 5 nitrogen and oxygen atoms in total. The molecule has 0 aliphatic carbocycles. The summed E-state index contributed by atoms with van der Waals surface area (Å²) in [4.78, 5) is 17.5. The molecule has 0 spiro atoms. The van der Waals surface area contributed by atoms with Crippen LogP contribution in [0.15, 0.2) is 71.9 Å². The van der Waals surface area contributed by atoms with E-state index in [1.165, 1.54) is 5.52 Å². The number of ether oxygens (including phenoxy) is 1. The first kappa shape index (κ1) is 17.5. The van der Waals surface area contributed by atoms with Gasteiger partial charge in [0.05, 0.1) is 28.8 Å². The molecular weight excluding hydrogens is 364 g/mol. The third kappa shape index (κ3) is 2.86. The first-order valence-corrected chi connectivity index (χ1v) is 9.78. The summed E-state index contributed by atoms with van der Waals surface area (Å²) in [5.41, 5.74) is 4.40. The Labute approximate surface area is 168 Å². The van der Waals surface area contributed by atoms with E-state index in [0.29, 0.717) is 18.6 Å². The van der Waals surface area contributed by atoms with Crippen molar-refractivity contribution in [1.82, 2.24) is 4.57 Å². The number of oxime groups is 1. The normalized spacial score (nSPS) is 14.7. The first-order chi connectivity index (χ1) is 14.3. The highest BCUT2D eigenvalue weighted by Crippen LogP contribution is 2.40. The molecule has 0 unspecified atom stereocenters. The lowest BCUT2D eigenvalue weighted by Crippen LogP contribution is -2.17. The fourth-order valence-corrected chi connectivity index (χ4v) is 4.03. The van der Waals surface area contributed by atoms with Gasteiger partial charge in [0.2, 0.25) is 0 Å². The summed E-state index contributed by atoms with van der Waals surface area (Å²) in [6.45, 7) is 3.51. The number of carbonyl (C=O) groups excluding carboxylic acids is 1. The zero-order valence-electron chi connectivity index (χ0n) is 16.1. The molecule has 0 N–H and O–H groups in total. The zero-order chi connectivity index (χ0) is 19.8. The monoisotopic (exact) mass is 384 g/mol. The SMILES string of the molecule is CCn1c2ccccc2c2c3c(ccc21)/C(=N/OC(=O)c1ccccc1)CCO3. The molecule has 3 aromatic carbocycles. The minimum Gasteiger partial charge on any atom is -0.492 e. The van der Waals surface area contributed by atoms with Gasteiger partial charge in [-0.3, -0.25) is 0 Å². The maximum absolute atomic E-state index is 12.3. The van der Waals surface area contributed by atoms with Crippen molar-refractivity contribution in [3.63, 3.8) is 0 Å². The molecule has 0 fully saturated rings. The highest BCUT2D eigenvalue weighted by molar-refractivity contribution is 6.16. The maximum Gasteiger partial charge on any atom is 0.365 e. The Hall–Kier alpha value is -3.60. The summed E-state index contributed by atoms with van der Waals surface area (Å²) in [5.74, 6) is 0.349. The van der Waals surface area contributed by atoms with Gasteiger partial charge >= 0.3 is 5.97 Å². The van der Waals surface area contributed by atoms with Gasteiger partial charge in [0.1, 0.15) is 5.75 Å². The molecule has 4 aromatic rings. The Kier molecular flexibility index (Phi) is 4.28. The topological polar surface area (TPSA) is 52.8 Å². The van der Waals surface area contributed by atoms with E-state index in [4.69, 9.17) is 9.57 Å². The van der Waals surface area contributed by atoms with Gasteiger partial charge in [-0.25, -0.2) is 4.79 Å². The molecule has 2 heterocycles. The number of para-hydroxylation sites is 1. The Balaban J connectivity index is 1.60. The molecule has 1 aliphatic rings. The Morgan fingerprint density at radius 2 is 1.83 bits per heavy atom. The zero-order valence-corrected chi connectivity index (χ0v) is 16.1. The Morgan fingerprint density at radius 3 is 2.66 bits per heavy atom. The molecule has 0 radical (unpaired) electrons. The van der Waals surface area contributed by atoms with Crippen molar-refractivity contribution in [3.8, 4) is 5.75 Å². The van der Waals surface area contributed by atoms with Crippen molar-refractivity contribution < 1.29 is 14.4 Å². The molecule has 5 heteroatoms. The fourth-order valence-electron chi connectivity index (χ4n) is 4.03. The number of aromatic nitrogens is 1. The average Bonchev–Trinajstić information content (AvgIpc) is 3.12. The number of nitrogens with zero attached hydrogens (tertiary/aromatic N) is 2. The minimum absolute atomic E-state index is 0.463. The number of carbonyl (C=O) groups is 1. The summed E-state index contributed by atoms with van der Waals surface area (Å²) < 4.78 is 8.38. The van der Waals surface area contributed by atoms with Crippen LogP contribution in [0.25, 0.3) is 21.8 Å². The Bertz CT molecular complexity index is 1260. The first-order valence-electron chi connectivity index (χ1n) is 9.78. The van der Waals surface area contributed by atoms with Gasteiger partial charge in [0.25, 0.3) is 0 Å². The van der Waals surface area contributed by atoms with Crippen LogP contribution in [0.4, 0.5) is 0 Å². The van der Waals surface area contributed by atoms with E-state index in [1.807, 2.05) is 18.2 Å². The molecule has 1 aromatic heterocycles. The van der Waals surface area contributed by atoms with Crippen LogP contribution in [0.3, 0.4) is 0 Å². The van der Waals surface area contributed by atoms with Crippen LogP contribution < -0.4 is 4.74 Å². The predicted molar refractivity (Wildman–Crippen MR) is 114 cm³/mol. The number of hydrogen-bond acceptors (Lipinski definition) is 4. The van der Waals surface area contributed by atoms with Crippen LogP contribution in [0, 0.1) is 0 Å². The Morgan fingerprint density at radius 1 is 1.03 bits per heavy atom. The third-order valence-corrected chi connectivity index (χ3v) is 5.35. The lowest BCUT2D eigenvalue weighted by Gasteiger charge is -2.20. The van der Waals surface area contributed by atoms with Crippen molar-refractivity contribution in [1.29, 1.82) is 0 Å². The third-order valence-electron chi connectivity index (χ3n) is 5.35. The van der Waals surface area contributed by atoms with Crippen LogP contribution in [-0.2, 0) is 11.4 Å². The van der Waals surface area contributed by atoms with E-state index in [9.17, 15) is 4.79 Å². The summed E-state index contributed by atoms with van der Waals surface area (Å²) in [7, 11) is 0. The lowest BCUT2D eigenvalue weighted by atomic mass is 10.0. The molecule has 0 amide bonds. The van der Waals surface area contributed by atoms with Crippen molar-refractivity contribution in [3.05, 3.63) is 77.9 Å². The second-order valence-electron chi connectivity index (χ2n) is 6.98. The molecule has 1 aliphatic heterocycles. The largest absolute Gasteiger partial charge is 0.492 e. The molecule has 144 valence electrons. The van der Waals surface area contributed by atoms with E-state index in [2.05, 4.69) is 40.9 Å². The van der Waals surface area contributed by atoms with Gasteiger partial charge in [-0.1, -0.05) is 41.6 Å². The second kappa shape index (κ2) is 7.09. The van der Waals surface area contributed by atoms with Gasteiger partial charge in [0.15, 0.2) is 0 Å². The molecule has 5 rings (SSSR count). The van der Waals surface area contributed by atoms with Crippen LogP contribution in [0.1, 0.15) is 29.3 Å². The second-order valence-corrected chi connectivity index (χ2v) is 6.98. The van der Waals surface area contributed by atoms with Gasteiger partial charge in [-0.05, 0) is 37.3 Å². The molecule has 0 atom stereocenters. The van der Waals surface area contributed by atoms with Crippen LogP contribution in [-0.4, -0.2) is 22.9 Å². The minimum atomic E-state index is -0.463. The standard InChI is InChI=1S/C24H20N2O3/c1-2-26-20-11-7-6-10-18(20)22-21(26)13-12-17-19(14-15-28-23(17)22)25-29-24(27)16-8-4-3-5-9-16/h3-13H,2,14-15H2,1H3/b25-19+. The maximum atomic E-state index is 12.3. The van der Waals surface area contributed by atoms with Gasteiger partial charge in [-0.15, -0.1) is 0 Å². The van der Waals surface area contributed by atoms with Gasteiger partial charge in [0, 0.05) is 29.4 Å². The molecule has 0 saturated carbocycles. The average molecular weight is 384 g/mol. The predicted octanol–water partition coefficient (Wildman–Crippen LogP) is 5.16. The summed E-state index contributed by atoms with van der Waals surface area (Å²) in [6.07, 6.45) is 0.590. The van der Waals surface area contributed by atoms with E-state index in [1.54, 1.807) is 24.3 Å². The van der Waals surface area contributed by atoms with Crippen LogP contribution in [0.5, 0.6) is 5.75 Å². The highest BCUT2D eigenvalue weighted by atomic mass is 16.7. The van der Waals surface area contributed by atoms with Crippen molar-refractivity contribution >= 4 is 33.5 Å². The summed E-state index contributed by atoms with van der Waals surface area (Å²) in [5, 5.41) is 6.44. The fraction of sp³-hybridized carbons (Fsp3) is 0.167. The van der Waals surface area contributed by atoms with E-state index in [0.717, 1.165) is 39.9 Å². The number of rotatable bonds is 3. The molecular formula is C24H20N2O3. The highest BCUT2D eigenvalue weighted by Gasteiger charge is 2.24.